The second kappa shape index (κ2) is 4.84. The summed E-state index contributed by atoms with van der Waals surface area (Å²) in [5.74, 6) is 0.112. The molecule has 0 amide bonds. The third-order valence-electron chi connectivity index (χ3n) is 2.23. The van der Waals surface area contributed by atoms with Crippen molar-refractivity contribution in [2.75, 3.05) is 0 Å². The number of nitrogens with one attached hydrogen (secondary N) is 1. The zero-order valence-corrected chi connectivity index (χ0v) is 11.9. The molecule has 2 nitrogen and oxygen atoms in total. The fraction of sp³-hybridized carbons (Fsp3) is 0.0909. The van der Waals surface area contributed by atoms with E-state index in [1.54, 1.807) is 6.07 Å². The second-order valence-corrected chi connectivity index (χ2v) is 5.05. The predicted molar refractivity (Wildman–Crippen MR) is 72.3 cm³/mol. The average molecular weight is 334 g/mol. The molecule has 6 heteroatoms. The molecule has 0 bridgehead atoms. The maximum Gasteiger partial charge on any atom is 0.144 e. The van der Waals surface area contributed by atoms with E-state index < -0.39 is 5.82 Å². The van der Waals surface area contributed by atoms with Crippen molar-refractivity contribution in [1.82, 2.24) is 9.97 Å². The van der Waals surface area contributed by atoms with Gasteiger partial charge in [0.2, 0.25) is 0 Å². The van der Waals surface area contributed by atoms with Gasteiger partial charge in [-0.15, -0.1) is 0 Å². The standard InChI is InChI=1S/C11H7BrClFN2S/c1-5-9(12)11(17)16-10(15-5)6-2-3-8(14)7(13)4-6/h2-4H,1H3,(H,15,16,17). The van der Waals surface area contributed by atoms with Gasteiger partial charge in [-0.2, -0.15) is 0 Å². The molecule has 0 fully saturated rings. The third-order valence-corrected chi connectivity index (χ3v) is 4.05. The number of aromatic amines is 1. The number of aryl methyl sites for hydroxylation is 1. The Hall–Kier alpha value is -0.780. The second-order valence-electron chi connectivity index (χ2n) is 3.46. The number of hydrogen-bond acceptors (Lipinski definition) is 2. The van der Waals surface area contributed by atoms with Crippen molar-refractivity contribution in [3.05, 3.63) is 43.8 Å². The highest BCUT2D eigenvalue weighted by Gasteiger charge is 2.07. The van der Waals surface area contributed by atoms with Crippen LogP contribution in [0.15, 0.2) is 22.7 Å². The third kappa shape index (κ3) is 2.56. The van der Waals surface area contributed by atoms with Crippen molar-refractivity contribution in [3.8, 4) is 11.4 Å². The minimum absolute atomic E-state index is 0.0594. The SMILES string of the molecule is Cc1[nH]c(-c2ccc(F)c(Cl)c2)nc(=S)c1Br. The summed E-state index contributed by atoms with van der Waals surface area (Å²) < 4.78 is 14.3. The highest BCUT2D eigenvalue weighted by molar-refractivity contribution is 9.10. The molecule has 88 valence electrons. The van der Waals surface area contributed by atoms with Crippen LogP contribution in [0.3, 0.4) is 0 Å². The first-order valence-corrected chi connectivity index (χ1v) is 6.29. The first-order chi connectivity index (χ1) is 7.99. The van der Waals surface area contributed by atoms with Gasteiger partial charge in [0.05, 0.1) is 9.50 Å². The molecule has 0 saturated carbocycles. The lowest BCUT2D eigenvalue weighted by Crippen LogP contribution is -1.94. The van der Waals surface area contributed by atoms with Gasteiger partial charge < -0.3 is 4.98 Å². The summed E-state index contributed by atoms with van der Waals surface area (Å²) in [4.78, 5) is 7.28. The molecule has 0 aliphatic heterocycles. The summed E-state index contributed by atoms with van der Waals surface area (Å²) in [6.07, 6.45) is 0. The fourth-order valence-electron chi connectivity index (χ4n) is 1.35. The molecule has 1 aromatic carbocycles. The zero-order chi connectivity index (χ0) is 12.6. The quantitative estimate of drug-likeness (QED) is 0.768. The Bertz CT molecular complexity index is 642. The predicted octanol–water partition coefficient (Wildman–Crippen LogP) is 4.67. The van der Waals surface area contributed by atoms with Crippen LogP contribution >= 0.6 is 39.7 Å². The first-order valence-electron chi connectivity index (χ1n) is 4.71. The lowest BCUT2D eigenvalue weighted by Gasteiger charge is -2.05. The molecular formula is C11H7BrClFN2S. The largest absolute Gasteiger partial charge is 0.342 e. The first kappa shape index (κ1) is 12.7. The van der Waals surface area contributed by atoms with Gasteiger partial charge in [0.15, 0.2) is 0 Å². The van der Waals surface area contributed by atoms with Crippen molar-refractivity contribution in [2.45, 2.75) is 6.92 Å². The topological polar surface area (TPSA) is 28.7 Å². The number of nitrogens with zero attached hydrogens (tertiary/aromatic N) is 1. The van der Waals surface area contributed by atoms with Crippen LogP contribution in [0.4, 0.5) is 4.39 Å². The van der Waals surface area contributed by atoms with Crippen molar-refractivity contribution >= 4 is 39.7 Å². The minimum Gasteiger partial charge on any atom is -0.342 e. The molecule has 0 atom stereocenters. The molecule has 2 aromatic rings. The smallest absolute Gasteiger partial charge is 0.144 e. The molecular weight excluding hydrogens is 327 g/mol. The summed E-state index contributed by atoms with van der Waals surface area (Å²) in [6.45, 7) is 1.87. The van der Waals surface area contributed by atoms with E-state index in [1.807, 2.05) is 6.92 Å². The van der Waals surface area contributed by atoms with Crippen LogP contribution < -0.4 is 0 Å². The van der Waals surface area contributed by atoms with Crippen LogP contribution in [0.5, 0.6) is 0 Å². The van der Waals surface area contributed by atoms with Crippen LogP contribution in [0.2, 0.25) is 5.02 Å². The van der Waals surface area contributed by atoms with E-state index in [9.17, 15) is 4.39 Å². The Balaban J connectivity index is 2.61. The number of H-pyrrole nitrogens is 1. The molecule has 0 unspecified atom stereocenters. The van der Waals surface area contributed by atoms with Crippen LogP contribution in [-0.4, -0.2) is 9.97 Å². The molecule has 0 saturated heterocycles. The molecule has 1 heterocycles. The molecule has 1 N–H and O–H groups in total. The molecule has 0 radical (unpaired) electrons. The fourth-order valence-corrected chi connectivity index (χ4v) is 1.96. The summed E-state index contributed by atoms with van der Waals surface area (Å²) in [5, 5.41) is 0.0594. The lowest BCUT2D eigenvalue weighted by molar-refractivity contribution is 0.628. The Morgan fingerprint density at radius 1 is 1.47 bits per heavy atom. The van der Waals surface area contributed by atoms with Gasteiger partial charge >= 0.3 is 0 Å². The lowest BCUT2D eigenvalue weighted by atomic mass is 10.2. The Labute approximate surface area is 116 Å². The van der Waals surface area contributed by atoms with Gasteiger partial charge in [0.25, 0.3) is 0 Å². The highest BCUT2D eigenvalue weighted by atomic mass is 79.9. The maximum atomic E-state index is 13.0. The number of aromatic nitrogens is 2. The minimum atomic E-state index is -0.456. The number of hydrogen-bond donors (Lipinski definition) is 1. The molecule has 1 aromatic heterocycles. The number of benzene rings is 1. The van der Waals surface area contributed by atoms with Crippen LogP contribution in [0.25, 0.3) is 11.4 Å². The molecule has 2 rings (SSSR count). The van der Waals surface area contributed by atoms with Gasteiger partial charge in [-0.25, -0.2) is 9.37 Å². The Kier molecular flexibility index (Phi) is 3.61. The highest BCUT2D eigenvalue weighted by Crippen LogP contribution is 2.24. The number of halogens is 3. The summed E-state index contributed by atoms with van der Waals surface area (Å²) in [5.41, 5.74) is 1.55. The van der Waals surface area contributed by atoms with E-state index in [1.165, 1.54) is 12.1 Å². The molecule has 0 aliphatic rings. The van der Waals surface area contributed by atoms with Crippen LogP contribution in [-0.2, 0) is 0 Å². The van der Waals surface area contributed by atoms with E-state index in [-0.39, 0.29) is 5.02 Å². The zero-order valence-electron chi connectivity index (χ0n) is 8.72. The summed E-state index contributed by atoms with van der Waals surface area (Å²) in [6, 6.07) is 4.41. The average Bonchev–Trinajstić information content (AvgIpc) is 2.29. The van der Waals surface area contributed by atoms with Gasteiger partial charge in [0, 0.05) is 11.3 Å². The van der Waals surface area contributed by atoms with E-state index in [0.29, 0.717) is 16.0 Å². The molecule has 0 spiro atoms. The van der Waals surface area contributed by atoms with Crippen molar-refractivity contribution < 1.29 is 4.39 Å². The van der Waals surface area contributed by atoms with E-state index >= 15 is 0 Å². The summed E-state index contributed by atoms with van der Waals surface area (Å²) in [7, 11) is 0. The van der Waals surface area contributed by atoms with Crippen molar-refractivity contribution in [2.24, 2.45) is 0 Å². The van der Waals surface area contributed by atoms with Crippen LogP contribution in [0, 0.1) is 17.4 Å². The molecule has 0 aliphatic carbocycles. The van der Waals surface area contributed by atoms with Gasteiger partial charge in [-0.3, -0.25) is 0 Å². The van der Waals surface area contributed by atoms with Crippen molar-refractivity contribution in [1.29, 1.82) is 0 Å². The Morgan fingerprint density at radius 3 is 2.76 bits per heavy atom. The van der Waals surface area contributed by atoms with Gasteiger partial charge in [0.1, 0.15) is 16.3 Å². The number of rotatable bonds is 1. The van der Waals surface area contributed by atoms with Crippen LogP contribution in [0.1, 0.15) is 5.69 Å². The summed E-state index contributed by atoms with van der Waals surface area (Å²) >= 11 is 14.2. The van der Waals surface area contributed by atoms with Crippen molar-refractivity contribution in [3.63, 3.8) is 0 Å². The maximum absolute atomic E-state index is 13.0. The van der Waals surface area contributed by atoms with Gasteiger partial charge in [-0.1, -0.05) is 23.8 Å². The molecule has 17 heavy (non-hydrogen) atoms. The van der Waals surface area contributed by atoms with E-state index in [2.05, 4.69) is 25.9 Å². The van der Waals surface area contributed by atoms with E-state index in [0.717, 1.165) is 10.2 Å². The monoisotopic (exact) mass is 332 g/mol. The van der Waals surface area contributed by atoms with E-state index in [4.69, 9.17) is 23.8 Å². The van der Waals surface area contributed by atoms with Gasteiger partial charge in [-0.05, 0) is 41.1 Å². The normalized spacial score (nSPS) is 10.6. The Morgan fingerprint density at radius 2 is 2.18 bits per heavy atom.